The maximum Gasteiger partial charge on any atom is 0.249 e. The van der Waals surface area contributed by atoms with Gasteiger partial charge in [0.05, 0.1) is 21.4 Å². The Hall–Kier alpha value is -1.19. The van der Waals surface area contributed by atoms with Crippen molar-refractivity contribution in [2.45, 2.75) is 26.3 Å². The lowest BCUT2D eigenvalue weighted by Gasteiger charge is -2.35. The van der Waals surface area contributed by atoms with Gasteiger partial charge in [0.1, 0.15) is 6.04 Å². The number of hydrogen-bond donors (Lipinski definition) is 1. The van der Waals surface area contributed by atoms with Crippen LogP contribution in [0.2, 0.25) is 10.0 Å². The molecule has 0 saturated heterocycles. The highest BCUT2D eigenvalue weighted by molar-refractivity contribution is 6.42. The molecule has 0 saturated carbocycles. The van der Waals surface area contributed by atoms with E-state index < -0.39 is 0 Å². The molecule has 1 heterocycles. The van der Waals surface area contributed by atoms with Gasteiger partial charge in [0, 0.05) is 6.54 Å². The molecular weight excluding hydrogens is 283 g/mol. The second-order valence-corrected chi connectivity index (χ2v) is 5.58. The van der Waals surface area contributed by atoms with Crippen LogP contribution in [0, 0.1) is 0 Å². The number of amides is 1. The van der Waals surface area contributed by atoms with Gasteiger partial charge in [-0.3, -0.25) is 4.79 Å². The van der Waals surface area contributed by atoms with Crippen molar-refractivity contribution >= 4 is 40.5 Å². The predicted molar refractivity (Wildman–Crippen MR) is 81.3 cm³/mol. The number of anilines is 2. The largest absolute Gasteiger partial charge is 0.372 e. The first-order valence-electron chi connectivity index (χ1n) is 6.15. The van der Waals surface area contributed by atoms with Crippen LogP contribution in [0.25, 0.3) is 0 Å². The molecule has 0 aliphatic carbocycles. The molecule has 0 radical (unpaired) electrons. The normalized spacial score (nSPS) is 18.0. The van der Waals surface area contributed by atoms with Gasteiger partial charge in [-0.2, -0.15) is 0 Å². The molecular formula is C14H16Cl2N2O. The summed E-state index contributed by atoms with van der Waals surface area (Å²) in [6.45, 7) is 8.23. The van der Waals surface area contributed by atoms with Crippen LogP contribution in [-0.2, 0) is 4.79 Å². The van der Waals surface area contributed by atoms with Crippen LogP contribution >= 0.6 is 23.2 Å². The number of benzene rings is 1. The van der Waals surface area contributed by atoms with Crippen LogP contribution in [0.1, 0.15) is 20.3 Å². The van der Waals surface area contributed by atoms with E-state index in [1.54, 1.807) is 17.0 Å². The quantitative estimate of drug-likeness (QED) is 0.852. The zero-order valence-corrected chi connectivity index (χ0v) is 12.5. The van der Waals surface area contributed by atoms with Gasteiger partial charge in [-0.15, -0.1) is 0 Å². The lowest BCUT2D eigenvalue weighted by atomic mass is 10.1. The minimum absolute atomic E-state index is 0.0383. The second kappa shape index (κ2) is 5.43. The second-order valence-electron chi connectivity index (χ2n) is 4.77. The van der Waals surface area contributed by atoms with E-state index >= 15 is 0 Å². The summed E-state index contributed by atoms with van der Waals surface area (Å²) in [5.74, 6) is 0.0383. The Morgan fingerprint density at radius 3 is 2.63 bits per heavy atom. The molecule has 1 aliphatic heterocycles. The number of nitrogens with zero attached hydrogens (tertiary/aromatic N) is 1. The molecule has 102 valence electrons. The highest BCUT2D eigenvalue weighted by Gasteiger charge is 2.31. The molecule has 1 amide bonds. The van der Waals surface area contributed by atoms with E-state index in [0.717, 1.165) is 16.9 Å². The molecule has 1 N–H and O–H groups in total. The maximum absolute atomic E-state index is 12.4. The molecule has 1 unspecified atom stereocenters. The Morgan fingerprint density at radius 1 is 1.42 bits per heavy atom. The summed E-state index contributed by atoms with van der Waals surface area (Å²) in [6, 6.07) is 3.25. The Morgan fingerprint density at radius 2 is 2.05 bits per heavy atom. The van der Waals surface area contributed by atoms with E-state index in [2.05, 4.69) is 11.9 Å². The molecule has 0 aromatic heterocycles. The number of carbonyl (C=O) groups is 1. The fraction of sp³-hybridized carbons (Fsp3) is 0.357. The van der Waals surface area contributed by atoms with Crippen molar-refractivity contribution < 1.29 is 4.79 Å². The maximum atomic E-state index is 12.4. The summed E-state index contributed by atoms with van der Waals surface area (Å²) in [5, 5.41) is 4.12. The Kier molecular flexibility index (Phi) is 4.07. The number of fused-ring (bicyclic) bond motifs is 1. The van der Waals surface area contributed by atoms with Crippen molar-refractivity contribution in [3.8, 4) is 0 Å². The minimum atomic E-state index is -0.232. The van der Waals surface area contributed by atoms with Crippen molar-refractivity contribution in [3.05, 3.63) is 34.3 Å². The third kappa shape index (κ3) is 2.72. The molecule has 3 nitrogen and oxygen atoms in total. The molecule has 0 fully saturated rings. The van der Waals surface area contributed by atoms with Gasteiger partial charge >= 0.3 is 0 Å². The smallest absolute Gasteiger partial charge is 0.249 e. The van der Waals surface area contributed by atoms with Crippen molar-refractivity contribution in [3.63, 3.8) is 0 Å². The summed E-state index contributed by atoms with van der Waals surface area (Å²) in [6.07, 6.45) is 0.714. The summed E-state index contributed by atoms with van der Waals surface area (Å²) in [7, 11) is 0. The van der Waals surface area contributed by atoms with Crippen molar-refractivity contribution in [2.24, 2.45) is 0 Å². The Bertz CT molecular complexity index is 542. The molecule has 1 aromatic carbocycles. The van der Waals surface area contributed by atoms with Crippen LogP contribution in [0.4, 0.5) is 11.4 Å². The minimum Gasteiger partial charge on any atom is -0.372 e. The average Bonchev–Trinajstić information content (AvgIpc) is 2.34. The van der Waals surface area contributed by atoms with Gasteiger partial charge in [0.2, 0.25) is 5.91 Å². The molecule has 2 rings (SSSR count). The van der Waals surface area contributed by atoms with Gasteiger partial charge in [-0.25, -0.2) is 0 Å². The van der Waals surface area contributed by atoms with Crippen molar-refractivity contribution in [1.29, 1.82) is 0 Å². The zero-order valence-electron chi connectivity index (χ0n) is 11.0. The lowest BCUT2D eigenvalue weighted by molar-refractivity contribution is -0.119. The van der Waals surface area contributed by atoms with Gasteiger partial charge < -0.3 is 10.2 Å². The highest BCUT2D eigenvalue weighted by Crippen LogP contribution is 2.38. The van der Waals surface area contributed by atoms with Gasteiger partial charge in [-0.1, -0.05) is 42.3 Å². The van der Waals surface area contributed by atoms with Gasteiger partial charge in [-0.05, 0) is 25.5 Å². The molecule has 5 heteroatoms. The van der Waals surface area contributed by atoms with Crippen LogP contribution in [0.3, 0.4) is 0 Å². The summed E-state index contributed by atoms with van der Waals surface area (Å²) < 4.78 is 0. The van der Waals surface area contributed by atoms with Crippen molar-refractivity contribution in [2.75, 3.05) is 16.8 Å². The fourth-order valence-corrected chi connectivity index (χ4v) is 2.46. The number of halogens is 2. The van der Waals surface area contributed by atoms with Crippen LogP contribution in [-0.4, -0.2) is 18.5 Å². The first-order chi connectivity index (χ1) is 8.93. The fourth-order valence-electron chi connectivity index (χ4n) is 2.14. The molecule has 1 atom stereocenters. The predicted octanol–water partition coefficient (Wildman–Crippen LogP) is 4.11. The summed E-state index contributed by atoms with van der Waals surface area (Å²) in [4.78, 5) is 14.1. The summed E-state index contributed by atoms with van der Waals surface area (Å²) in [5.41, 5.74) is 2.51. The molecule has 0 bridgehead atoms. The first kappa shape index (κ1) is 14.2. The van der Waals surface area contributed by atoms with E-state index in [4.69, 9.17) is 23.2 Å². The van der Waals surface area contributed by atoms with Gasteiger partial charge in [0.25, 0.3) is 0 Å². The van der Waals surface area contributed by atoms with E-state index in [1.807, 2.05) is 13.8 Å². The number of nitrogens with one attached hydrogen (secondary N) is 1. The Balaban J connectivity index is 2.50. The average molecular weight is 299 g/mol. The third-order valence-corrected chi connectivity index (χ3v) is 3.78. The topological polar surface area (TPSA) is 32.3 Å². The van der Waals surface area contributed by atoms with E-state index in [1.165, 1.54) is 0 Å². The highest BCUT2D eigenvalue weighted by atomic mass is 35.5. The monoisotopic (exact) mass is 298 g/mol. The standard InChI is InChI=1S/C14H16Cl2N2O/c1-4-11-14(19)18(7-8(2)3)13-6-10(16)9(15)5-12(13)17-11/h5-6,11,17H,2,4,7H2,1,3H3. The van der Waals surface area contributed by atoms with E-state index in [9.17, 15) is 4.79 Å². The molecule has 1 aliphatic rings. The van der Waals surface area contributed by atoms with Crippen LogP contribution < -0.4 is 10.2 Å². The molecule has 19 heavy (non-hydrogen) atoms. The first-order valence-corrected chi connectivity index (χ1v) is 6.91. The SMILES string of the molecule is C=C(C)CN1C(=O)C(CC)Nc2cc(Cl)c(Cl)cc21. The summed E-state index contributed by atoms with van der Waals surface area (Å²) >= 11 is 12.1. The zero-order chi connectivity index (χ0) is 14.2. The van der Waals surface area contributed by atoms with E-state index in [-0.39, 0.29) is 11.9 Å². The van der Waals surface area contributed by atoms with Crippen molar-refractivity contribution in [1.82, 2.24) is 0 Å². The molecule has 1 aromatic rings. The van der Waals surface area contributed by atoms with Gasteiger partial charge in [0.15, 0.2) is 0 Å². The Labute approximate surface area is 123 Å². The number of hydrogen-bond acceptors (Lipinski definition) is 2. The van der Waals surface area contributed by atoms with E-state index in [0.29, 0.717) is 23.0 Å². The number of carbonyl (C=O) groups excluding carboxylic acids is 1. The van der Waals surface area contributed by atoms with Crippen LogP contribution in [0.15, 0.2) is 24.3 Å². The third-order valence-electron chi connectivity index (χ3n) is 3.06. The lowest BCUT2D eigenvalue weighted by Crippen LogP contribution is -2.47. The van der Waals surface area contributed by atoms with Crippen LogP contribution in [0.5, 0.6) is 0 Å². The number of rotatable bonds is 3. The molecule has 0 spiro atoms.